The fourth-order valence-corrected chi connectivity index (χ4v) is 4.08. The predicted octanol–water partition coefficient (Wildman–Crippen LogP) is 5.85. The van der Waals surface area contributed by atoms with Crippen molar-refractivity contribution in [2.24, 2.45) is 0 Å². The quantitative estimate of drug-likeness (QED) is 0.221. The van der Waals surface area contributed by atoms with Crippen LogP contribution in [0, 0.1) is 0 Å². The Morgan fingerprint density at radius 2 is 1.57 bits per heavy atom. The molecule has 0 spiro atoms. The van der Waals surface area contributed by atoms with Gasteiger partial charge >= 0.3 is 5.97 Å². The van der Waals surface area contributed by atoms with Gasteiger partial charge in [0.2, 0.25) is 11.6 Å². The van der Waals surface area contributed by atoms with Crippen LogP contribution in [0.3, 0.4) is 0 Å². The first-order valence-electron chi connectivity index (χ1n) is 12.0. The van der Waals surface area contributed by atoms with Crippen molar-refractivity contribution in [1.29, 1.82) is 0 Å². The Balaban J connectivity index is 1.55. The van der Waals surface area contributed by atoms with Gasteiger partial charge in [-0.1, -0.05) is 92.6 Å². The van der Waals surface area contributed by atoms with Crippen LogP contribution in [0.25, 0.3) is 11.1 Å². The van der Waals surface area contributed by atoms with E-state index in [9.17, 15) is 14.7 Å². The van der Waals surface area contributed by atoms with Crippen molar-refractivity contribution in [1.82, 2.24) is 14.8 Å². The third-order valence-electron chi connectivity index (χ3n) is 5.96. The smallest absolute Gasteiger partial charge is 0.336 e. The second-order valence-electron chi connectivity index (χ2n) is 8.59. The molecule has 35 heavy (non-hydrogen) atoms. The normalized spacial score (nSPS) is 10.9. The molecule has 1 N–H and O–H groups in total. The van der Waals surface area contributed by atoms with Crippen molar-refractivity contribution in [3.8, 4) is 11.1 Å². The average molecular weight is 468 g/mol. The number of carboxylic acid groups (broad SMARTS) is 1. The minimum Gasteiger partial charge on any atom is -0.478 e. The zero-order valence-corrected chi connectivity index (χ0v) is 19.9. The van der Waals surface area contributed by atoms with Crippen LogP contribution in [0.5, 0.6) is 0 Å². The number of hydrogen-bond acceptors (Lipinski definition) is 4. The lowest BCUT2D eigenvalue weighted by Crippen LogP contribution is -2.08. The highest BCUT2D eigenvalue weighted by Crippen LogP contribution is 2.25. The number of carboxylic acids is 1. The van der Waals surface area contributed by atoms with Crippen LogP contribution in [0.15, 0.2) is 78.9 Å². The van der Waals surface area contributed by atoms with E-state index in [4.69, 9.17) is 0 Å². The summed E-state index contributed by atoms with van der Waals surface area (Å²) >= 11 is 0. The van der Waals surface area contributed by atoms with Gasteiger partial charge in [0.1, 0.15) is 5.82 Å². The summed E-state index contributed by atoms with van der Waals surface area (Å²) in [5.41, 5.74) is 3.77. The van der Waals surface area contributed by atoms with E-state index in [1.165, 1.54) is 0 Å². The fraction of sp³-hybridized carbons (Fsp3) is 0.241. The van der Waals surface area contributed by atoms with Gasteiger partial charge in [-0.05, 0) is 34.7 Å². The molecule has 0 unspecified atom stereocenters. The van der Waals surface area contributed by atoms with Gasteiger partial charge in [0.15, 0.2) is 0 Å². The number of unbranched alkanes of at least 4 members (excludes halogenated alkanes) is 2. The molecular weight excluding hydrogens is 438 g/mol. The van der Waals surface area contributed by atoms with Crippen LogP contribution in [0.2, 0.25) is 0 Å². The molecule has 4 aromatic rings. The third kappa shape index (κ3) is 6.09. The Morgan fingerprint density at radius 3 is 2.29 bits per heavy atom. The summed E-state index contributed by atoms with van der Waals surface area (Å²) in [5.74, 6) is -0.0200. The number of hydrogen-bond donors (Lipinski definition) is 1. The second-order valence-corrected chi connectivity index (χ2v) is 8.59. The number of nitrogens with zero attached hydrogens (tertiary/aromatic N) is 3. The van der Waals surface area contributed by atoms with E-state index in [1.54, 1.807) is 12.1 Å². The zero-order chi connectivity index (χ0) is 24.6. The van der Waals surface area contributed by atoms with Crippen molar-refractivity contribution >= 4 is 11.8 Å². The number of ketones is 1. The van der Waals surface area contributed by atoms with Crippen LogP contribution in [-0.4, -0.2) is 31.6 Å². The number of carbonyl (C=O) groups excluding carboxylic acids is 1. The maximum absolute atomic E-state index is 12.9. The summed E-state index contributed by atoms with van der Waals surface area (Å²) in [4.78, 5) is 29.1. The molecule has 6 heteroatoms. The summed E-state index contributed by atoms with van der Waals surface area (Å²) in [6, 6.07) is 24.4. The molecule has 0 amide bonds. The summed E-state index contributed by atoms with van der Waals surface area (Å²) in [6.07, 6.45) is 3.98. The molecule has 0 fully saturated rings. The van der Waals surface area contributed by atoms with E-state index in [0.29, 0.717) is 12.0 Å². The molecule has 0 atom stereocenters. The molecule has 178 valence electrons. The first-order chi connectivity index (χ1) is 17.0. The number of Topliss-reactive ketones (excluding diaryl/α,β-unsaturated/α-hetero) is 1. The van der Waals surface area contributed by atoms with Crippen LogP contribution < -0.4 is 0 Å². The summed E-state index contributed by atoms with van der Waals surface area (Å²) in [7, 11) is 0. The third-order valence-corrected chi connectivity index (χ3v) is 5.96. The summed E-state index contributed by atoms with van der Waals surface area (Å²) < 4.78 is 1.86. The van der Waals surface area contributed by atoms with Crippen molar-refractivity contribution < 1.29 is 14.7 Å². The molecule has 0 aliphatic carbocycles. The van der Waals surface area contributed by atoms with E-state index < -0.39 is 5.97 Å². The minimum absolute atomic E-state index is 0.0904. The van der Waals surface area contributed by atoms with Gasteiger partial charge in [-0.2, -0.15) is 0 Å². The maximum atomic E-state index is 12.9. The Hall–Kier alpha value is -4.06. The van der Waals surface area contributed by atoms with E-state index >= 15 is 0 Å². The van der Waals surface area contributed by atoms with Gasteiger partial charge in [-0.25, -0.2) is 14.5 Å². The zero-order valence-electron chi connectivity index (χ0n) is 19.9. The molecule has 0 aliphatic rings. The van der Waals surface area contributed by atoms with Crippen molar-refractivity contribution in [2.75, 3.05) is 0 Å². The largest absolute Gasteiger partial charge is 0.478 e. The molecule has 0 saturated heterocycles. The van der Waals surface area contributed by atoms with Gasteiger partial charge in [0.25, 0.3) is 0 Å². The highest BCUT2D eigenvalue weighted by Gasteiger charge is 2.17. The van der Waals surface area contributed by atoms with Gasteiger partial charge < -0.3 is 5.11 Å². The molecule has 0 bridgehead atoms. The van der Waals surface area contributed by atoms with Crippen molar-refractivity contribution in [3.05, 3.63) is 107 Å². The Labute approximate surface area is 205 Å². The molecule has 1 heterocycles. The molecule has 0 aliphatic heterocycles. The van der Waals surface area contributed by atoms with Gasteiger partial charge in [0, 0.05) is 19.4 Å². The van der Waals surface area contributed by atoms with Crippen molar-refractivity contribution in [3.63, 3.8) is 0 Å². The Kier molecular flexibility index (Phi) is 7.83. The summed E-state index contributed by atoms with van der Waals surface area (Å²) in [6.45, 7) is 2.87. The molecular formula is C29H29N3O3. The van der Waals surface area contributed by atoms with Gasteiger partial charge in [-0.15, -0.1) is 5.10 Å². The topological polar surface area (TPSA) is 85.1 Å². The highest BCUT2D eigenvalue weighted by molar-refractivity contribution is 5.96. The van der Waals surface area contributed by atoms with Crippen LogP contribution in [-0.2, 0) is 19.4 Å². The van der Waals surface area contributed by atoms with Crippen LogP contribution in [0.1, 0.15) is 64.1 Å². The first-order valence-corrected chi connectivity index (χ1v) is 12.0. The van der Waals surface area contributed by atoms with Crippen LogP contribution in [0.4, 0.5) is 0 Å². The van der Waals surface area contributed by atoms with Crippen LogP contribution >= 0.6 is 0 Å². The first kappa shape index (κ1) is 24.1. The second kappa shape index (κ2) is 11.4. The SMILES string of the molecule is CCCCCn1nc(C(=O)Cc2ccccc2)nc1Cc1ccc(-c2ccccc2C(=O)O)cc1. The van der Waals surface area contributed by atoms with E-state index in [1.807, 2.05) is 71.4 Å². The van der Waals surface area contributed by atoms with Gasteiger partial charge in [0.05, 0.1) is 5.56 Å². The number of benzene rings is 3. The lowest BCUT2D eigenvalue weighted by Gasteiger charge is -2.08. The molecule has 0 radical (unpaired) electrons. The van der Waals surface area contributed by atoms with E-state index in [-0.39, 0.29) is 23.6 Å². The lowest BCUT2D eigenvalue weighted by molar-refractivity contribution is 0.0697. The lowest BCUT2D eigenvalue weighted by atomic mass is 9.98. The Morgan fingerprint density at radius 1 is 0.857 bits per heavy atom. The molecule has 0 saturated carbocycles. The average Bonchev–Trinajstić information content (AvgIpc) is 3.28. The van der Waals surface area contributed by atoms with E-state index in [0.717, 1.165) is 48.3 Å². The number of carbonyl (C=O) groups is 2. The standard InChI is InChI=1S/C29H29N3O3/c1-2-3-9-18-32-27(30-28(31-32)26(33)19-21-10-5-4-6-11-21)20-22-14-16-23(17-15-22)24-12-7-8-13-25(24)29(34)35/h4-8,10-17H,2-3,9,18-20H2,1H3,(H,34,35). The van der Waals surface area contributed by atoms with Crippen molar-refractivity contribution in [2.45, 2.75) is 45.6 Å². The number of aromatic nitrogens is 3. The molecule has 3 aromatic carbocycles. The molecule has 6 nitrogen and oxygen atoms in total. The number of aryl methyl sites for hydroxylation is 1. The summed E-state index contributed by atoms with van der Waals surface area (Å²) in [5, 5.41) is 14.1. The van der Waals surface area contributed by atoms with E-state index in [2.05, 4.69) is 17.0 Å². The Bertz CT molecular complexity index is 1290. The number of rotatable bonds is 11. The molecule has 1 aromatic heterocycles. The fourth-order valence-electron chi connectivity index (χ4n) is 4.08. The van der Waals surface area contributed by atoms with Gasteiger partial charge in [-0.3, -0.25) is 4.79 Å². The number of aromatic carboxylic acids is 1. The minimum atomic E-state index is -0.947. The monoisotopic (exact) mass is 467 g/mol. The highest BCUT2D eigenvalue weighted by atomic mass is 16.4. The maximum Gasteiger partial charge on any atom is 0.336 e. The predicted molar refractivity (Wildman–Crippen MR) is 136 cm³/mol. The molecule has 4 rings (SSSR count).